The van der Waals surface area contributed by atoms with Gasteiger partial charge in [0.15, 0.2) is 0 Å². The van der Waals surface area contributed by atoms with Crippen LogP contribution in [0.3, 0.4) is 0 Å². The summed E-state index contributed by atoms with van der Waals surface area (Å²) in [6.07, 6.45) is 0. The van der Waals surface area contributed by atoms with Crippen molar-refractivity contribution in [1.29, 1.82) is 0 Å². The summed E-state index contributed by atoms with van der Waals surface area (Å²) in [5.41, 5.74) is 2.97. The maximum absolute atomic E-state index is 9.18. The number of halogens is 1. The van der Waals surface area contributed by atoms with Crippen LogP contribution < -0.4 is 9.64 Å². The number of fused-ring (bicyclic) bond motifs is 1. The lowest BCUT2D eigenvalue weighted by atomic mass is 10.1. The molecule has 3 nitrogen and oxygen atoms in total. The van der Waals surface area contributed by atoms with Crippen molar-refractivity contribution in [3.05, 3.63) is 58.6 Å². The zero-order chi connectivity index (χ0) is 13.9. The van der Waals surface area contributed by atoms with Crippen LogP contribution in [0.2, 0.25) is 5.02 Å². The molecule has 104 valence electrons. The highest BCUT2D eigenvalue weighted by Crippen LogP contribution is 2.28. The van der Waals surface area contributed by atoms with Crippen molar-refractivity contribution >= 4 is 17.3 Å². The molecule has 0 aliphatic carbocycles. The second kappa shape index (κ2) is 5.73. The Morgan fingerprint density at radius 3 is 2.85 bits per heavy atom. The summed E-state index contributed by atoms with van der Waals surface area (Å²) in [5, 5.41) is 9.78. The van der Waals surface area contributed by atoms with Crippen molar-refractivity contribution in [3.63, 3.8) is 0 Å². The van der Waals surface area contributed by atoms with Crippen LogP contribution in [0.15, 0.2) is 42.5 Å². The van der Waals surface area contributed by atoms with E-state index in [1.807, 2.05) is 36.4 Å². The van der Waals surface area contributed by atoms with E-state index in [1.165, 1.54) is 5.56 Å². The van der Waals surface area contributed by atoms with E-state index >= 15 is 0 Å². The van der Waals surface area contributed by atoms with E-state index < -0.39 is 0 Å². The first kappa shape index (κ1) is 13.3. The summed E-state index contributed by atoms with van der Waals surface area (Å²) >= 11 is 6.17. The van der Waals surface area contributed by atoms with E-state index in [-0.39, 0.29) is 6.61 Å². The Hall–Kier alpha value is -1.71. The molecule has 0 amide bonds. The van der Waals surface area contributed by atoms with Crippen LogP contribution >= 0.6 is 11.6 Å². The quantitative estimate of drug-likeness (QED) is 0.921. The van der Waals surface area contributed by atoms with Gasteiger partial charge in [-0.1, -0.05) is 35.9 Å². The smallest absolute Gasteiger partial charge is 0.124 e. The van der Waals surface area contributed by atoms with Crippen molar-refractivity contribution in [1.82, 2.24) is 0 Å². The van der Waals surface area contributed by atoms with Gasteiger partial charge in [-0.25, -0.2) is 0 Å². The fourth-order valence-electron chi connectivity index (χ4n) is 2.41. The molecule has 20 heavy (non-hydrogen) atoms. The van der Waals surface area contributed by atoms with Crippen molar-refractivity contribution in [3.8, 4) is 5.75 Å². The molecule has 1 heterocycles. The molecular weight excluding hydrogens is 274 g/mol. The van der Waals surface area contributed by atoms with Gasteiger partial charge in [0.05, 0.1) is 13.2 Å². The lowest BCUT2D eigenvalue weighted by Gasteiger charge is -2.22. The molecule has 4 heteroatoms. The van der Waals surface area contributed by atoms with Crippen molar-refractivity contribution in [2.24, 2.45) is 0 Å². The summed E-state index contributed by atoms with van der Waals surface area (Å²) in [4.78, 5) is 2.23. The standard InChI is InChI=1S/C16H16ClNO2/c17-15-9-14(6-5-13(15)11-19)18-7-8-20-16-4-2-1-3-12(16)10-18/h1-6,9,19H,7-8,10-11H2. The third kappa shape index (κ3) is 2.60. The Balaban J connectivity index is 1.89. The van der Waals surface area contributed by atoms with Crippen molar-refractivity contribution in [2.75, 3.05) is 18.1 Å². The Morgan fingerprint density at radius 2 is 2.05 bits per heavy atom. The summed E-state index contributed by atoms with van der Waals surface area (Å²) in [6.45, 7) is 2.22. The normalized spacial score (nSPS) is 14.4. The molecule has 0 fully saturated rings. The monoisotopic (exact) mass is 289 g/mol. The van der Waals surface area contributed by atoms with Gasteiger partial charge >= 0.3 is 0 Å². The average molecular weight is 290 g/mol. The lowest BCUT2D eigenvalue weighted by molar-refractivity contribution is 0.282. The van der Waals surface area contributed by atoms with Gasteiger partial charge in [-0.05, 0) is 23.8 Å². The molecule has 0 saturated carbocycles. The van der Waals surface area contributed by atoms with E-state index in [0.717, 1.165) is 30.1 Å². The molecule has 0 atom stereocenters. The molecule has 1 N–H and O–H groups in total. The minimum absolute atomic E-state index is 0.0366. The summed E-state index contributed by atoms with van der Waals surface area (Å²) in [7, 11) is 0. The zero-order valence-electron chi connectivity index (χ0n) is 11.1. The van der Waals surface area contributed by atoms with Gasteiger partial charge in [-0.15, -0.1) is 0 Å². The first-order valence-corrected chi connectivity index (χ1v) is 7.00. The van der Waals surface area contributed by atoms with E-state index in [1.54, 1.807) is 0 Å². The number of aliphatic hydroxyl groups is 1. The van der Waals surface area contributed by atoms with E-state index in [0.29, 0.717) is 11.6 Å². The molecule has 2 aromatic rings. The molecule has 1 aliphatic rings. The molecule has 0 bridgehead atoms. The van der Waals surface area contributed by atoms with E-state index in [2.05, 4.69) is 11.0 Å². The third-order valence-corrected chi connectivity index (χ3v) is 3.88. The number of nitrogens with zero attached hydrogens (tertiary/aromatic N) is 1. The average Bonchev–Trinajstić information content (AvgIpc) is 2.69. The highest BCUT2D eigenvalue weighted by Gasteiger charge is 2.16. The number of ether oxygens (including phenoxy) is 1. The second-order valence-corrected chi connectivity index (χ2v) is 5.22. The van der Waals surface area contributed by atoms with Gasteiger partial charge in [-0.2, -0.15) is 0 Å². The molecule has 3 rings (SSSR count). The Bertz CT molecular complexity index is 615. The van der Waals surface area contributed by atoms with Gasteiger partial charge in [0.25, 0.3) is 0 Å². The first-order chi connectivity index (χ1) is 9.78. The molecule has 0 unspecified atom stereocenters. The summed E-state index contributed by atoms with van der Waals surface area (Å²) in [6, 6.07) is 13.9. The predicted molar refractivity (Wildman–Crippen MR) is 80.4 cm³/mol. The maximum atomic E-state index is 9.18. The molecule has 0 radical (unpaired) electrons. The van der Waals surface area contributed by atoms with Crippen LogP contribution in [0.4, 0.5) is 5.69 Å². The lowest BCUT2D eigenvalue weighted by Crippen LogP contribution is -2.25. The van der Waals surface area contributed by atoms with Gasteiger partial charge in [0.2, 0.25) is 0 Å². The first-order valence-electron chi connectivity index (χ1n) is 6.63. The molecule has 1 aliphatic heterocycles. The fourth-order valence-corrected chi connectivity index (χ4v) is 2.64. The SMILES string of the molecule is OCc1ccc(N2CCOc3ccccc3C2)cc1Cl. The van der Waals surface area contributed by atoms with Crippen LogP contribution in [-0.2, 0) is 13.2 Å². The topological polar surface area (TPSA) is 32.7 Å². The molecule has 2 aromatic carbocycles. The van der Waals surface area contributed by atoms with Gasteiger partial charge in [0, 0.05) is 22.8 Å². The largest absolute Gasteiger partial charge is 0.491 e. The van der Waals surface area contributed by atoms with Crippen molar-refractivity contribution < 1.29 is 9.84 Å². The van der Waals surface area contributed by atoms with Gasteiger partial charge in [0.1, 0.15) is 12.4 Å². The van der Waals surface area contributed by atoms with Gasteiger partial charge < -0.3 is 14.7 Å². The highest BCUT2D eigenvalue weighted by molar-refractivity contribution is 6.31. The fraction of sp³-hybridized carbons (Fsp3) is 0.250. The maximum Gasteiger partial charge on any atom is 0.124 e. The molecule has 0 spiro atoms. The highest BCUT2D eigenvalue weighted by atomic mass is 35.5. The predicted octanol–water partition coefficient (Wildman–Crippen LogP) is 3.23. The van der Waals surface area contributed by atoms with Crippen LogP contribution in [0.5, 0.6) is 5.75 Å². The summed E-state index contributed by atoms with van der Waals surface area (Å²) < 4.78 is 5.76. The van der Waals surface area contributed by atoms with Crippen molar-refractivity contribution in [2.45, 2.75) is 13.2 Å². The Kier molecular flexibility index (Phi) is 3.81. The van der Waals surface area contributed by atoms with Crippen LogP contribution in [0.25, 0.3) is 0 Å². The van der Waals surface area contributed by atoms with E-state index in [4.69, 9.17) is 16.3 Å². The van der Waals surface area contributed by atoms with Crippen LogP contribution in [-0.4, -0.2) is 18.3 Å². The Labute approximate surface area is 123 Å². The molecular formula is C16H16ClNO2. The van der Waals surface area contributed by atoms with E-state index in [9.17, 15) is 5.11 Å². The minimum atomic E-state index is -0.0366. The number of hydrogen-bond donors (Lipinski definition) is 1. The number of rotatable bonds is 2. The zero-order valence-corrected chi connectivity index (χ0v) is 11.8. The van der Waals surface area contributed by atoms with Crippen LogP contribution in [0, 0.1) is 0 Å². The Morgan fingerprint density at radius 1 is 1.20 bits per heavy atom. The number of benzene rings is 2. The summed E-state index contributed by atoms with van der Waals surface area (Å²) in [5.74, 6) is 0.952. The third-order valence-electron chi connectivity index (χ3n) is 3.52. The number of aliphatic hydroxyl groups excluding tert-OH is 1. The molecule has 0 saturated heterocycles. The van der Waals surface area contributed by atoms with Gasteiger partial charge in [-0.3, -0.25) is 0 Å². The van der Waals surface area contributed by atoms with Crippen LogP contribution in [0.1, 0.15) is 11.1 Å². The second-order valence-electron chi connectivity index (χ2n) is 4.81. The minimum Gasteiger partial charge on any atom is -0.491 e. The number of anilines is 1. The number of hydrogen-bond acceptors (Lipinski definition) is 3. The molecule has 0 aromatic heterocycles. The number of para-hydroxylation sites is 1.